The van der Waals surface area contributed by atoms with Crippen molar-refractivity contribution in [2.24, 2.45) is 0 Å². The number of furan rings is 1. The molecule has 1 aromatic carbocycles. The lowest BCUT2D eigenvalue weighted by Gasteiger charge is -1.98. The molecule has 0 saturated carbocycles. The lowest BCUT2D eigenvalue weighted by molar-refractivity contribution is 0.607. The van der Waals surface area contributed by atoms with Crippen LogP contribution in [0.4, 0.5) is 4.39 Å². The van der Waals surface area contributed by atoms with Gasteiger partial charge < -0.3 is 4.42 Å². The minimum Gasteiger partial charge on any atom is -0.463 e. The van der Waals surface area contributed by atoms with E-state index < -0.39 is 5.82 Å². The fourth-order valence-electron chi connectivity index (χ4n) is 1.25. The Kier molecular flexibility index (Phi) is 2.08. The maximum atomic E-state index is 13.5. The number of benzene rings is 1. The molecule has 68 valence electrons. The summed E-state index contributed by atoms with van der Waals surface area (Å²) in [5, 5.41) is 0.545. The fourth-order valence-corrected chi connectivity index (χ4v) is 2.11. The highest BCUT2D eigenvalue weighted by Gasteiger charge is 2.14. The summed E-state index contributed by atoms with van der Waals surface area (Å²) in [6.07, 6.45) is 1.51. The largest absolute Gasteiger partial charge is 0.463 e. The SMILES string of the molecule is Cc1coc2c(Br)cc(Cl)c(F)c12. The molecule has 0 saturated heterocycles. The van der Waals surface area contributed by atoms with Crippen molar-refractivity contribution in [2.75, 3.05) is 0 Å². The summed E-state index contributed by atoms with van der Waals surface area (Å²) in [7, 11) is 0. The van der Waals surface area contributed by atoms with Crippen LogP contribution in [0.1, 0.15) is 5.56 Å². The Hall–Kier alpha value is -0.540. The Morgan fingerprint density at radius 3 is 2.92 bits per heavy atom. The van der Waals surface area contributed by atoms with Crippen LogP contribution in [0, 0.1) is 12.7 Å². The van der Waals surface area contributed by atoms with Gasteiger partial charge in [0.05, 0.1) is 21.1 Å². The number of fused-ring (bicyclic) bond motifs is 1. The van der Waals surface area contributed by atoms with Crippen molar-refractivity contribution in [2.45, 2.75) is 6.92 Å². The molecule has 2 rings (SSSR count). The topological polar surface area (TPSA) is 13.1 Å². The van der Waals surface area contributed by atoms with Crippen LogP contribution in [-0.2, 0) is 0 Å². The zero-order valence-electron chi connectivity index (χ0n) is 6.70. The predicted molar refractivity (Wildman–Crippen MR) is 53.6 cm³/mol. The van der Waals surface area contributed by atoms with Crippen LogP contribution in [-0.4, -0.2) is 0 Å². The normalized spacial score (nSPS) is 11.1. The molecule has 0 atom stereocenters. The third kappa shape index (κ3) is 1.27. The van der Waals surface area contributed by atoms with E-state index in [4.69, 9.17) is 16.0 Å². The lowest BCUT2D eigenvalue weighted by Crippen LogP contribution is -1.81. The first kappa shape index (κ1) is 9.03. The van der Waals surface area contributed by atoms with Crippen molar-refractivity contribution >= 4 is 38.5 Å². The molecule has 0 N–H and O–H groups in total. The van der Waals surface area contributed by atoms with Crippen LogP contribution in [0.25, 0.3) is 11.0 Å². The van der Waals surface area contributed by atoms with Crippen molar-refractivity contribution in [3.63, 3.8) is 0 Å². The summed E-state index contributed by atoms with van der Waals surface area (Å²) in [4.78, 5) is 0. The Bertz CT molecular complexity index is 478. The van der Waals surface area contributed by atoms with E-state index in [9.17, 15) is 4.39 Å². The average Bonchev–Trinajstić information content (AvgIpc) is 2.44. The molecule has 0 amide bonds. The smallest absolute Gasteiger partial charge is 0.153 e. The Morgan fingerprint density at radius 1 is 1.54 bits per heavy atom. The first-order valence-corrected chi connectivity index (χ1v) is 4.79. The van der Waals surface area contributed by atoms with E-state index >= 15 is 0 Å². The summed E-state index contributed by atoms with van der Waals surface area (Å²) in [5.41, 5.74) is 1.25. The molecular formula is C9H5BrClFO. The van der Waals surface area contributed by atoms with Gasteiger partial charge in [0.15, 0.2) is 11.4 Å². The number of halogens is 3. The summed E-state index contributed by atoms with van der Waals surface area (Å²) >= 11 is 8.93. The number of rotatable bonds is 0. The zero-order chi connectivity index (χ0) is 9.59. The number of aryl methyl sites for hydroxylation is 1. The van der Waals surface area contributed by atoms with Crippen molar-refractivity contribution in [3.05, 3.63) is 33.2 Å². The molecule has 0 fully saturated rings. The molecule has 4 heteroatoms. The molecule has 1 aromatic heterocycles. The third-order valence-corrected chi connectivity index (χ3v) is 2.74. The van der Waals surface area contributed by atoms with Gasteiger partial charge in [-0.3, -0.25) is 0 Å². The van der Waals surface area contributed by atoms with Crippen molar-refractivity contribution in [1.29, 1.82) is 0 Å². The minimum atomic E-state index is -0.425. The van der Waals surface area contributed by atoms with Gasteiger partial charge in [-0.25, -0.2) is 4.39 Å². The van der Waals surface area contributed by atoms with Gasteiger partial charge in [0, 0.05) is 0 Å². The number of hydrogen-bond acceptors (Lipinski definition) is 1. The molecule has 1 heterocycles. The molecular weight excluding hydrogens is 258 g/mol. The highest BCUT2D eigenvalue weighted by Crippen LogP contribution is 2.34. The van der Waals surface area contributed by atoms with E-state index in [0.717, 1.165) is 5.56 Å². The molecule has 0 aliphatic carbocycles. The Morgan fingerprint density at radius 2 is 2.23 bits per heavy atom. The van der Waals surface area contributed by atoms with Gasteiger partial charge in [0.2, 0.25) is 0 Å². The summed E-state index contributed by atoms with van der Waals surface area (Å²) in [5.74, 6) is -0.425. The molecule has 0 radical (unpaired) electrons. The maximum absolute atomic E-state index is 13.5. The van der Waals surface area contributed by atoms with Gasteiger partial charge in [-0.1, -0.05) is 11.6 Å². The van der Waals surface area contributed by atoms with Gasteiger partial charge >= 0.3 is 0 Å². The van der Waals surface area contributed by atoms with E-state index in [1.807, 2.05) is 0 Å². The second-order valence-electron chi connectivity index (χ2n) is 2.78. The molecule has 1 nitrogen and oxygen atoms in total. The first-order chi connectivity index (χ1) is 6.11. The fraction of sp³-hybridized carbons (Fsp3) is 0.111. The summed E-state index contributed by atoms with van der Waals surface area (Å²) in [6.45, 7) is 1.78. The maximum Gasteiger partial charge on any atom is 0.153 e. The van der Waals surface area contributed by atoms with Gasteiger partial charge in [-0.2, -0.15) is 0 Å². The quantitative estimate of drug-likeness (QED) is 0.646. The second kappa shape index (κ2) is 3.00. The monoisotopic (exact) mass is 262 g/mol. The third-order valence-electron chi connectivity index (χ3n) is 1.87. The molecule has 0 spiro atoms. The summed E-state index contributed by atoms with van der Waals surface area (Å²) in [6, 6.07) is 1.49. The highest BCUT2D eigenvalue weighted by atomic mass is 79.9. The van der Waals surface area contributed by atoms with Gasteiger partial charge in [0.25, 0.3) is 0 Å². The molecule has 0 unspecified atom stereocenters. The molecule has 0 aliphatic heterocycles. The van der Waals surface area contributed by atoms with E-state index in [0.29, 0.717) is 15.4 Å². The second-order valence-corrected chi connectivity index (χ2v) is 4.04. The van der Waals surface area contributed by atoms with Gasteiger partial charge in [-0.15, -0.1) is 0 Å². The highest BCUT2D eigenvalue weighted by molar-refractivity contribution is 9.10. The standard InChI is InChI=1S/C9H5BrClFO/c1-4-3-13-9-5(10)2-6(11)8(12)7(4)9/h2-3H,1H3. The average molecular weight is 263 g/mol. The van der Waals surface area contributed by atoms with Crippen molar-refractivity contribution in [3.8, 4) is 0 Å². The van der Waals surface area contributed by atoms with E-state index in [2.05, 4.69) is 15.9 Å². The van der Waals surface area contributed by atoms with Crippen LogP contribution in [0.15, 0.2) is 21.2 Å². The van der Waals surface area contributed by atoms with Crippen LogP contribution in [0.2, 0.25) is 5.02 Å². The molecule has 0 bridgehead atoms. The van der Waals surface area contributed by atoms with Crippen LogP contribution in [0.5, 0.6) is 0 Å². The van der Waals surface area contributed by atoms with Crippen LogP contribution in [0.3, 0.4) is 0 Å². The molecule has 0 aliphatic rings. The van der Waals surface area contributed by atoms with E-state index in [1.165, 1.54) is 12.3 Å². The zero-order valence-corrected chi connectivity index (χ0v) is 9.04. The first-order valence-electron chi connectivity index (χ1n) is 3.62. The van der Waals surface area contributed by atoms with Gasteiger partial charge in [0.1, 0.15) is 0 Å². The Labute approximate surface area is 87.6 Å². The van der Waals surface area contributed by atoms with Gasteiger partial charge in [-0.05, 0) is 34.5 Å². The molecule has 2 aromatic rings. The van der Waals surface area contributed by atoms with Crippen LogP contribution < -0.4 is 0 Å². The predicted octanol–water partition coefficient (Wildman–Crippen LogP) is 4.30. The Balaban J connectivity index is 3.00. The minimum absolute atomic E-state index is 0.101. The molecule has 13 heavy (non-hydrogen) atoms. The van der Waals surface area contributed by atoms with E-state index in [-0.39, 0.29) is 5.02 Å². The van der Waals surface area contributed by atoms with Crippen molar-refractivity contribution in [1.82, 2.24) is 0 Å². The summed E-state index contributed by atoms with van der Waals surface area (Å²) < 4.78 is 19.3. The van der Waals surface area contributed by atoms with Crippen LogP contribution >= 0.6 is 27.5 Å². The lowest BCUT2D eigenvalue weighted by atomic mass is 10.2. The number of hydrogen-bond donors (Lipinski definition) is 0. The van der Waals surface area contributed by atoms with Crippen molar-refractivity contribution < 1.29 is 8.81 Å². The van der Waals surface area contributed by atoms with E-state index in [1.54, 1.807) is 6.92 Å².